The second kappa shape index (κ2) is 7.82. The summed E-state index contributed by atoms with van der Waals surface area (Å²) in [4.78, 5) is 28.6. The molecule has 0 aliphatic carbocycles. The highest BCUT2D eigenvalue weighted by atomic mass is 16.2. The number of hydrogen-bond acceptors (Lipinski definition) is 3. The standard InChI is InChI=1S/C20H22N4O2/c1-14-7-9-16(10-8-14)23-19(25)11-12-21-20(26)15(2)24-13-22-17-5-3-4-6-18(17)24/h3-10,13,15H,11-12H2,1-2H3,(H,21,26)(H,23,25)/t15-/m0/s1. The number of carbonyl (C=O) groups excluding carboxylic acids is 2. The number of amides is 2. The number of fused-ring (bicyclic) bond motifs is 1. The summed E-state index contributed by atoms with van der Waals surface area (Å²) in [6, 6.07) is 14.9. The Morgan fingerprint density at radius 3 is 2.62 bits per heavy atom. The Balaban J connectivity index is 1.50. The number of nitrogens with one attached hydrogen (secondary N) is 2. The quantitative estimate of drug-likeness (QED) is 0.717. The molecule has 0 unspecified atom stereocenters. The van der Waals surface area contributed by atoms with Gasteiger partial charge in [-0.05, 0) is 38.1 Å². The zero-order chi connectivity index (χ0) is 18.5. The van der Waals surface area contributed by atoms with Gasteiger partial charge in [0.2, 0.25) is 11.8 Å². The highest BCUT2D eigenvalue weighted by molar-refractivity contribution is 5.91. The fourth-order valence-electron chi connectivity index (χ4n) is 2.72. The first-order chi connectivity index (χ1) is 12.5. The predicted molar refractivity (Wildman–Crippen MR) is 102 cm³/mol. The molecule has 0 bridgehead atoms. The van der Waals surface area contributed by atoms with Crippen molar-refractivity contribution in [1.29, 1.82) is 0 Å². The molecule has 1 heterocycles. The lowest BCUT2D eigenvalue weighted by Crippen LogP contribution is -2.33. The van der Waals surface area contributed by atoms with Gasteiger partial charge in [0.25, 0.3) is 0 Å². The van der Waals surface area contributed by atoms with Gasteiger partial charge in [0, 0.05) is 18.7 Å². The van der Waals surface area contributed by atoms with Crippen molar-refractivity contribution in [3.8, 4) is 0 Å². The smallest absolute Gasteiger partial charge is 0.242 e. The molecule has 26 heavy (non-hydrogen) atoms. The van der Waals surface area contributed by atoms with Crippen LogP contribution < -0.4 is 10.6 Å². The van der Waals surface area contributed by atoms with Gasteiger partial charge in [0.15, 0.2) is 0 Å². The topological polar surface area (TPSA) is 76.0 Å². The van der Waals surface area contributed by atoms with Crippen LogP contribution in [-0.2, 0) is 9.59 Å². The van der Waals surface area contributed by atoms with Crippen LogP contribution in [0.25, 0.3) is 11.0 Å². The summed E-state index contributed by atoms with van der Waals surface area (Å²) in [6.07, 6.45) is 1.88. The van der Waals surface area contributed by atoms with Crippen molar-refractivity contribution < 1.29 is 9.59 Å². The molecule has 0 saturated carbocycles. The number of rotatable bonds is 6. The summed E-state index contributed by atoms with van der Waals surface area (Å²) in [5.41, 5.74) is 3.65. The number of benzene rings is 2. The van der Waals surface area contributed by atoms with Crippen molar-refractivity contribution in [2.75, 3.05) is 11.9 Å². The monoisotopic (exact) mass is 350 g/mol. The van der Waals surface area contributed by atoms with Gasteiger partial charge in [0.1, 0.15) is 6.04 Å². The van der Waals surface area contributed by atoms with E-state index in [1.165, 1.54) is 0 Å². The number of nitrogens with zero attached hydrogens (tertiary/aromatic N) is 2. The second-order valence-corrected chi connectivity index (χ2v) is 6.27. The zero-order valence-corrected chi connectivity index (χ0v) is 14.9. The number of hydrogen-bond donors (Lipinski definition) is 2. The molecule has 0 saturated heterocycles. The molecule has 3 rings (SSSR count). The summed E-state index contributed by atoms with van der Waals surface area (Å²) in [5.74, 6) is -0.272. The lowest BCUT2D eigenvalue weighted by Gasteiger charge is -2.14. The molecule has 3 aromatic rings. The van der Waals surface area contributed by atoms with Crippen molar-refractivity contribution in [3.63, 3.8) is 0 Å². The molecule has 1 atom stereocenters. The summed E-state index contributed by atoms with van der Waals surface area (Å²) in [7, 11) is 0. The molecule has 6 heteroatoms. The number of aryl methyl sites for hydroxylation is 1. The van der Waals surface area contributed by atoms with Gasteiger partial charge in [-0.1, -0.05) is 29.8 Å². The average Bonchev–Trinajstić information content (AvgIpc) is 3.07. The summed E-state index contributed by atoms with van der Waals surface area (Å²) in [6.45, 7) is 4.09. The Labute approximate surface area is 152 Å². The van der Waals surface area contributed by atoms with E-state index in [9.17, 15) is 9.59 Å². The van der Waals surface area contributed by atoms with Gasteiger partial charge in [-0.25, -0.2) is 4.98 Å². The van der Waals surface area contributed by atoms with Crippen molar-refractivity contribution in [2.24, 2.45) is 0 Å². The maximum absolute atomic E-state index is 12.4. The van der Waals surface area contributed by atoms with Crippen molar-refractivity contribution in [2.45, 2.75) is 26.3 Å². The molecule has 6 nitrogen and oxygen atoms in total. The van der Waals surface area contributed by atoms with Crippen LogP contribution in [0.1, 0.15) is 24.9 Å². The van der Waals surface area contributed by atoms with Crippen LogP contribution in [0.2, 0.25) is 0 Å². The maximum Gasteiger partial charge on any atom is 0.242 e. The fraction of sp³-hybridized carbons (Fsp3) is 0.250. The number of aromatic nitrogens is 2. The fourth-order valence-corrected chi connectivity index (χ4v) is 2.72. The van der Waals surface area contributed by atoms with Crippen molar-refractivity contribution in [1.82, 2.24) is 14.9 Å². The minimum atomic E-state index is -0.400. The Bertz CT molecular complexity index is 915. The molecule has 0 aliphatic rings. The van der Waals surface area contributed by atoms with E-state index in [0.29, 0.717) is 0 Å². The highest BCUT2D eigenvalue weighted by Gasteiger charge is 2.17. The number of para-hydroxylation sites is 2. The second-order valence-electron chi connectivity index (χ2n) is 6.27. The first-order valence-corrected chi connectivity index (χ1v) is 8.60. The molecule has 0 aliphatic heterocycles. The van der Waals surface area contributed by atoms with Gasteiger partial charge >= 0.3 is 0 Å². The Morgan fingerprint density at radius 2 is 1.85 bits per heavy atom. The molecule has 0 spiro atoms. The van der Waals surface area contributed by atoms with Gasteiger partial charge in [0.05, 0.1) is 17.4 Å². The van der Waals surface area contributed by atoms with E-state index in [1.807, 2.05) is 66.9 Å². The third-order valence-corrected chi connectivity index (χ3v) is 4.26. The van der Waals surface area contributed by atoms with Crippen LogP contribution >= 0.6 is 0 Å². The van der Waals surface area contributed by atoms with Gasteiger partial charge < -0.3 is 15.2 Å². The largest absolute Gasteiger partial charge is 0.354 e. The van der Waals surface area contributed by atoms with Crippen LogP contribution in [-0.4, -0.2) is 27.9 Å². The zero-order valence-electron chi connectivity index (χ0n) is 14.9. The molecule has 2 aromatic carbocycles. The number of anilines is 1. The predicted octanol–water partition coefficient (Wildman–Crippen LogP) is 3.05. The Hall–Kier alpha value is -3.15. The molecular weight excluding hydrogens is 328 g/mol. The lowest BCUT2D eigenvalue weighted by atomic mass is 10.2. The minimum absolute atomic E-state index is 0.130. The van der Waals surface area contributed by atoms with E-state index in [0.717, 1.165) is 22.3 Å². The first-order valence-electron chi connectivity index (χ1n) is 8.60. The Kier molecular flexibility index (Phi) is 5.31. The molecule has 0 fully saturated rings. The van der Waals surface area contributed by atoms with Gasteiger partial charge in [-0.3, -0.25) is 9.59 Å². The molecule has 0 radical (unpaired) electrons. The maximum atomic E-state index is 12.4. The third-order valence-electron chi connectivity index (χ3n) is 4.26. The molecule has 134 valence electrons. The van der Waals surface area contributed by atoms with Crippen LogP contribution in [0.15, 0.2) is 54.9 Å². The van der Waals surface area contributed by atoms with Gasteiger partial charge in [-0.15, -0.1) is 0 Å². The van der Waals surface area contributed by atoms with E-state index in [4.69, 9.17) is 0 Å². The minimum Gasteiger partial charge on any atom is -0.354 e. The number of imidazole rings is 1. The lowest BCUT2D eigenvalue weighted by molar-refractivity contribution is -0.123. The van der Waals surface area contributed by atoms with Crippen LogP contribution in [0.5, 0.6) is 0 Å². The van der Waals surface area contributed by atoms with E-state index in [2.05, 4.69) is 15.6 Å². The van der Waals surface area contributed by atoms with E-state index < -0.39 is 6.04 Å². The molecular formula is C20H22N4O2. The van der Waals surface area contributed by atoms with Crippen LogP contribution in [0, 0.1) is 6.92 Å². The average molecular weight is 350 g/mol. The molecule has 1 aromatic heterocycles. The SMILES string of the molecule is Cc1ccc(NC(=O)CCNC(=O)[C@H](C)n2cnc3ccccc32)cc1. The van der Waals surface area contributed by atoms with Crippen molar-refractivity contribution >= 4 is 28.5 Å². The van der Waals surface area contributed by atoms with E-state index in [1.54, 1.807) is 6.33 Å². The first kappa shape index (κ1) is 17.7. The van der Waals surface area contributed by atoms with E-state index in [-0.39, 0.29) is 24.8 Å². The van der Waals surface area contributed by atoms with Crippen molar-refractivity contribution in [3.05, 3.63) is 60.4 Å². The summed E-state index contributed by atoms with van der Waals surface area (Å²) in [5, 5.41) is 5.63. The molecule has 2 N–H and O–H groups in total. The highest BCUT2D eigenvalue weighted by Crippen LogP contribution is 2.17. The summed E-state index contributed by atoms with van der Waals surface area (Å²) >= 11 is 0. The van der Waals surface area contributed by atoms with Crippen LogP contribution in [0.4, 0.5) is 5.69 Å². The normalized spacial score (nSPS) is 11.9. The number of carbonyl (C=O) groups is 2. The van der Waals surface area contributed by atoms with E-state index >= 15 is 0 Å². The summed E-state index contributed by atoms with van der Waals surface area (Å²) < 4.78 is 1.83. The third kappa shape index (κ3) is 4.08. The van der Waals surface area contributed by atoms with Gasteiger partial charge in [-0.2, -0.15) is 0 Å². The Morgan fingerprint density at radius 1 is 1.12 bits per heavy atom. The molecule has 2 amide bonds. The van der Waals surface area contributed by atoms with Crippen LogP contribution in [0.3, 0.4) is 0 Å².